The predicted octanol–water partition coefficient (Wildman–Crippen LogP) is 2.27. The van der Waals surface area contributed by atoms with Gasteiger partial charge in [-0.2, -0.15) is 4.98 Å². The first kappa shape index (κ1) is 14.6. The number of carbonyl (C=O) groups is 1. The quantitative estimate of drug-likeness (QED) is 0.709. The number of rotatable bonds is 5. The first-order chi connectivity index (χ1) is 11.7. The summed E-state index contributed by atoms with van der Waals surface area (Å²) in [5.74, 6) is 1.60. The molecule has 122 valence electrons. The smallest absolute Gasteiger partial charge is 0.276 e. The molecule has 0 atom stereocenters. The highest BCUT2D eigenvalue weighted by atomic mass is 16.5. The van der Waals surface area contributed by atoms with Crippen LogP contribution in [0.3, 0.4) is 0 Å². The van der Waals surface area contributed by atoms with Gasteiger partial charge in [-0.15, -0.1) is 0 Å². The third kappa shape index (κ3) is 2.78. The maximum Gasteiger partial charge on any atom is 0.276 e. The van der Waals surface area contributed by atoms with Gasteiger partial charge in [-0.1, -0.05) is 5.16 Å². The number of hydrogen-bond acceptors (Lipinski definition) is 7. The molecule has 0 radical (unpaired) electrons. The maximum absolute atomic E-state index is 12.5. The van der Waals surface area contributed by atoms with Crippen LogP contribution in [0.5, 0.6) is 0 Å². The zero-order valence-corrected chi connectivity index (χ0v) is 13.0. The molecule has 0 unspecified atom stereocenters. The first-order valence-corrected chi connectivity index (χ1v) is 7.64. The van der Waals surface area contributed by atoms with Crippen molar-refractivity contribution in [3.63, 3.8) is 0 Å². The number of pyridine rings is 1. The molecule has 1 saturated carbocycles. The molecule has 8 heteroatoms. The fourth-order valence-electron chi connectivity index (χ4n) is 2.44. The summed E-state index contributed by atoms with van der Waals surface area (Å²) in [6.07, 6.45) is 6.72. The first-order valence-electron chi connectivity index (χ1n) is 7.64. The fourth-order valence-corrected chi connectivity index (χ4v) is 2.44. The molecule has 0 saturated heterocycles. The van der Waals surface area contributed by atoms with Gasteiger partial charge in [-0.25, -0.2) is 4.98 Å². The Bertz CT molecular complexity index is 853. The van der Waals surface area contributed by atoms with Gasteiger partial charge in [0.2, 0.25) is 11.7 Å². The number of nitrogens with zero attached hydrogens (tertiary/aromatic N) is 5. The van der Waals surface area contributed by atoms with Gasteiger partial charge >= 0.3 is 0 Å². The van der Waals surface area contributed by atoms with E-state index in [4.69, 9.17) is 8.94 Å². The Morgan fingerprint density at radius 2 is 2.12 bits per heavy atom. The second kappa shape index (κ2) is 5.88. The lowest BCUT2D eigenvalue weighted by Gasteiger charge is -2.13. The summed E-state index contributed by atoms with van der Waals surface area (Å²) in [5, 5.41) is 3.93. The SMILES string of the molecule is CN(Cc1nc(-c2ccncc2)no1)C(=O)c1ncoc1C1CC1. The Morgan fingerprint density at radius 1 is 1.33 bits per heavy atom. The van der Waals surface area contributed by atoms with Gasteiger partial charge in [0, 0.05) is 30.9 Å². The number of aromatic nitrogens is 4. The van der Waals surface area contributed by atoms with Crippen molar-refractivity contribution in [3.8, 4) is 11.4 Å². The second-order valence-electron chi connectivity index (χ2n) is 5.75. The molecular formula is C16H15N5O3. The van der Waals surface area contributed by atoms with Crippen molar-refractivity contribution in [2.45, 2.75) is 25.3 Å². The summed E-state index contributed by atoms with van der Waals surface area (Å²) in [5.41, 5.74) is 1.18. The van der Waals surface area contributed by atoms with E-state index in [1.807, 2.05) is 0 Å². The predicted molar refractivity (Wildman–Crippen MR) is 81.8 cm³/mol. The zero-order chi connectivity index (χ0) is 16.5. The van der Waals surface area contributed by atoms with Gasteiger partial charge in [0.1, 0.15) is 12.3 Å². The zero-order valence-electron chi connectivity index (χ0n) is 13.0. The minimum atomic E-state index is -0.214. The maximum atomic E-state index is 12.5. The summed E-state index contributed by atoms with van der Waals surface area (Å²) < 4.78 is 10.6. The highest BCUT2D eigenvalue weighted by Gasteiger charge is 2.33. The van der Waals surface area contributed by atoms with E-state index < -0.39 is 0 Å². The Balaban J connectivity index is 1.48. The Kier molecular flexibility index (Phi) is 3.56. The van der Waals surface area contributed by atoms with Crippen molar-refractivity contribution < 1.29 is 13.7 Å². The summed E-state index contributed by atoms with van der Waals surface area (Å²) in [4.78, 5) is 26.4. The van der Waals surface area contributed by atoms with E-state index in [0.717, 1.165) is 18.4 Å². The molecule has 3 aromatic heterocycles. The van der Waals surface area contributed by atoms with E-state index >= 15 is 0 Å². The molecule has 0 aromatic carbocycles. The normalized spacial score (nSPS) is 13.9. The highest BCUT2D eigenvalue weighted by molar-refractivity contribution is 5.93. The molecule has 1 fully saturated rings. The molecule has 8 nitrogen and oxygen atoms in total. The topological polar surface area (TPSA) is 98.2 Å². The molecule has 1 amide bonds. The summed E-state index contributed by atoms with van der Waals surface area (Å²) in [6, 6.07) is 3.58. The van der Waals surface area contributed by atoms with Gasteiger partial charge < -0.3 is 13.8 Å². The van der Waals surface area contributed by atoms with E-state index in [-0.39, 0.29) is 12.5 Å². The van der Waals surface area contributed by atoms with Crippen molar-refractivity contribution in [1.29, 1.82) is 0 Å². The van der Waals surface area contributed by atoms with E-state index in [2.05, 4.69) is 20.1 Å². The van der Waals surface area contributed by atoms with Gasteiger partial charge in [0.25, 0.3) is 5.91 Å². The number of oxazole rings is 1. The number of amides is 1. The van der Waals surface area contributed by atoms with Gasteiger partial charge in [-0.05, 0) is 25.0 Å². The van der Waals surface area contributed by atoms with Crippen LogP contribution in [0.1, 0.15) is 40.9 Å². The average Bonchev–Trinajstić information content (AvgIpc) is 3.15. The Hall–Kier alpha value is -3.03. The van der Waals surface area contributed by atoms with Crippen LogP contribution in [0, 0.1) is 0 Å². The molecule has 0 aliphatic heterocycles. The molecule has 0 bridgehead atoms. The summed E-state index contributed by atoms with van der Waals surface area (Å²) >= 11 is 0. The van der Waals surface area contributed by atoms with E-state index in [0.29, 0.717) is 29.1 Å². The van der Waals surface area contributed by atoms with E-state index in [1.165, 1.54) is 11.3 Å². The largest absolute Gasteiger partial charge is 0.447 e. The van der Waals surface area contributed by atoms with Crippen molar-refractivity contribution >= 4 is 5.91 Å². The lowest BCUT2D eigenvalue weighted by atomic mass is 10.2. The van der Waals surface area contributed by atoms with Crippen molar-refractivity contribution in [3.05, 3.63) is 48.3 Å². The molecular weight excluding hydrogens is 310 g/mol. The second-order valence-corrected chi connectivity index (χ2v) is 5.75. The molecule has 3 aromatic rings. The Morgan fingerprint density at radius 3 is 2.88 bits per heavy atom. The highest BCUT2D eigenvalue weighted by Crippen LogP contribution is 2.41. The molecule has 1 aliphatic carbocycles. The molecule has 0 spiro atoms. The molecule has 3 heterocycles. The van der Waals surface area contributed by atoms with Crippen molar-refractivity contribution in [2.75, 3.05) is 7.05 Å². The minimum absolute atomic E-state index is 0.202. The van der Waals surface area contributed by atoms with Crippen LogP contribution in [-0.2, 0) is 6.54 Å². The van der Waals surface area contributed by atoms with Crippen LogP contribution < -0.4 is 0 Å². The van der Waals surface area contributed by atoms with Crippen LogP contribution in [0.25, 0.3) is 11.4 Å². The molecule has 24 heavy (non-hydrogen) atoms. The number of carbonyl (C=O) groups excluding carboxylic acids is 1. The van der Waals surface area contributed by atoms with Crippen molar-refractivity contribution in [2.24, 2.45) is 0 Å². The third-order valence-electron chi connectivity index (χ3n) is 3.87. The van der Waals surface area contributed by atoms with Gasteiger partial charge in [-0.3, -0.25) is 9.78 Å². The van der Waals surface area contributed by atoms with Crippen LogP contribution >= 0.6 is 0 Å². The minimum Gasteiger partial charge on any atom is -0.447 e. The van der Waals surface area contributed by atoms with Crippen LogP contribution in [-0.4, -0.2) is 38.0 Å². The van der Waals surface area contributed by atoms with Crippen LogP contribution in [0.4, 0.5) is 0 Å². The van der Waals surface area contributed by atoms with E-state index in [1.54, 1.807) is 31.6 Å². The lowest BCUT2D eigenvalue weighted by Crippen LogP contribution is -2.27. The molecule has 4 rings (SSSR count). The van der Waals surface area contributed by atoms with Gasteiger partial charge in [0.15, 0.2) is 12.1 Å². The number of hydrogen-bond donors (Lipinski definition) is 0. The Labute approximate surface area is 137 Å². The molecule has 1 aliphatic rings. The average molecular weight is 325 g/mol. The summed E-state index contributed by atoms with van der Waals surface area (Å²) in [7, 11) is 1.67. The van der Waals surface area contributed by atoms with E-state index in [9.17, 15) is 4.79 Å². The standard InChI is InChI=1S/C16H15N5O3/c1-21(16(22)13-14(10-2-3-10)23-9-18-13)8-12-19-15(20-24-12)11-4-6-17-7-5-11/h4-7,9-10H,2-3,8H2,1H3. The lowest BCUT2D eigenvalue weighted by molar-refractivity contribution is 0.0762. The summed E-state index contributed by atoms with van der Waals surface area (Å²) in [6.45, 7) is 0.202. The van der Waals surface area contributed by atoms with Crippen molar-refractivity contribution in [1.82, 2.24) is 25.0 Å². The molecule has 0 N–H and O–H groups in total. The van der Waals surface area contributed by atoms with Crippen LogP contribution in [0.15, 0.2) is 39.9 Å². The monoisotopic (exact) mass is 325 g/mol. The van der Waals surface area contributed by atoms with Gasteiger partial charge in [0.05, 0.1) is 0 Å². The third-order valence-corrected chi connectivity index (χ3v) is 3.87. The fraction of sp³-hybridized carbons (Fsp3) is 0.312. The van der Waals surface area contributed by atoms with Crippen LogP contribution in [0.2, 0.25) is 0 Å².